The minimum Gasteiger partial charge on any atom is -0.373 e. The van der Waals surface area contributed by atoms with Gasteiger partial charge in [-0.1, -0.05) is 29.8 Å². The van der Waals surface area contributed by atoms with E-state index in [1.807, 2.05) is 43.4 Å². The Balaban J connectivity index is 1.90. The van der Waals surface area contributed by atoms with Gasteiger partial charge < -0.3 is 10.1 Å². The molecular formula is C14H15ClN2O. The third kappa shape index (κ3) is 3.45. The Morgan fingerprint density at radius 3 is 2.83 bits per heavy atom. The molecule has 0 fully saturated rings. The molecule has 0 unspecified atom stereocenters. The SMILES string of the molecule is CNc1cc(COCc2ccccc2Cl)ccn1. The van der Waals surface area contributed by atoms with Gasteiger partial charge in [0.15, 0.2) is 0 Å². The fraction of sp³-hybridized carbons (Fsp3) is 0.214. The minimum atomic E-state index is 0.511. The van der Waals surface area contributed by atoms with Crippen molar-refractivity contribution in [1.29, 1.82) is 0 Å². The van der Waals surface area contributed by atoms with Gasteiger partial charge in [0.2, 0.25) is 0 Å². The van der Waals surface area contributed by atoms with Gasteiger partial charge in [-0.3, -0.25) is 0 Å². The summed E-state index contributed by atoms with van der Waals surface area (Å²) in [6.45, 7) is 1.05. The Kier molecular flexibility index (Phi) is 4.56. The molecule has 0 saturated carbocycles. The van der Waals surface area contributed by atoms with Crippen molar-refractivity contribution in [3.8, 4) is 0 Å². The molecule has 4 heteroatoms. The lowest BCUT2D eigenvalue weighted by atomic mass is 10.2. The van der Waals surface area contributed by atoms with E-state index in [2.05, 4.69) is 10.3 Å². The van der Waals surface area contributed by atoms with Crippen LogP contribution in [-0.2, 0) is 18.0 Å². The van der Waals surface area contributed by atoms with Crippen LogP contribution >= 0.6 is 11.6 Å². The Labute approximate surface area is 112 Å². The average molecular weight is 263 g/mol. The van der Waals surface area contributed by atoms with Crippen molar-refractivity contribution in [3.63, 3.8) is 0 Å². The molecule has 1 aromatic carbocycles. The molecule has 1 aromatic heterocycles. The van der Waals surface area contributed by atoms with Crippen LogP contribution in [0.25, 0.3) is 0 Å². The van der Waals surface area contributed by atoms with Crippen LogP contribution in [0.4, 0.5) is 5.82 Å². The predicted octanol–water partition coefficient (Wildman–Crippen LogP) is 3.49. The van der Waals surface area contributed by atoms with Crippen LogP contribution in [0.5, 0.6) is 0 Å². The van der Waals surface area contributed by atoms with Crippen LogP contribution in [0.3, 0.4) is 0 Å². The lowest BCUT2D eigenvalue weighted by Crippen LogP contribution is -1.97. The van der Waals surface area contributed by atoms with Gasteiger partial charge in [0.05, 0.1) is 13.2 Å². The number of hydrogen-bond acceptors (Lipinski definition) is 3. The molecule has 0 aliphatic rings. The Hall–Kier alpha value is -1.58. The maximum absolute atomic E-state index is 6.05. The summed E-state index contributed by atoms with van der Waals surface area (Å²) in [6.07, 6.45) is 1.76. The summed E-state index contributed by atoms with van der Waals surface area (Å²) >= 11 is 6.05. The molecule has 3 nitrogen and oxygen atoms in total. The molecule has 0 radical (unpaired) electrons. The Bertz CT molecular complexity index is 517. The second kappa shape index (κ2) is 6.38. The van der Waals surface area contributed by atoms with Crippen molar-refractivity contribution >= 4 is 17.4 Å². The zero-order chi connectivity index (χ0) is 12.8. The van der Waals surface area contributed by atoms with Gasteiger partial charge >= 0.3 is 0 Å². The summed E-state index contributed by atoms with van der Waals surface area (Å²) in [4.78, 5) is 4.15. The van der Waals surface area contributed by atoms with E-state index < -0.39 is 0 Å². The molecule has 0 atom stereocenters. The first kappa shape index (κ1) is 12.9. The molecule has 0 amide bonds. The molecule has 94 valence electrons. The Morgan fingerprint density at radius 2 is 2.06 bits per heavy atom. The molecule has 18 heavy (non-hydrogen) atoms. The zero-order valence-corrected chi connectivity index (χ0v) is 10.9. The van der Waals surface area contributed by atoms with Crippen LogP contribution in [0.1, 0.15) is 11.1 Å². The summed E-state index contributed by atoms with van der Waals surface area (Å²) in [5.41, 5.74) is 2.09. The molecular weight excluding hydrogens is 248 g/mol. The maximum Gasteiger partial charge on any atom is 0.125 e. The first-order valence-corrected chi connectivity index (χ1v) is 6.11. The number of anilines is 1. The topological polar surface area (TPSA) is 34.1 Å². The van der Waals surface area contributed by atoms with Crippen molar-refractivity contribution in [2.75, 3.05) is 12.4 Å². The lowest BCUT2D eigenvalue weighted by Gasteiger charge is -2.07. The molecule has 2 aromatic rings. The van der Waals surface area contributed by atoms with E-state index in [-0.39, 0.29) is 0 Å². The quantitative estimate of drug-likeness (QED) is 0.896. The summed E-state index contributed by atoms with van der Waals surface area (Å²) < 4.78 is 5.65. The summed E-state index contributed by atoms with van der Waals surface area (Å²) in [5, 5.41) is 3.74. The molecule has 0 aliphatic carbocycles. The molecule has 0 bridgehead atoms. The lowest BCUT2D eigenvalue weighted by molar-refractivity contribution is 0.107. The normalized spacial score (nSPS) is 10.3. The first-order valence-electron chi connectivity index (χ1n) is 5.73. The number of pyridine rings is 1. The van der Waals surface area contributed by atoms with E-state index in [1.54, 1.807) is 6.20 Å². The van der Waals surface area contributed by atoms with Crippen molar-refractivity contribution in [1.82, 2.24) is 4.98 Å². The van der Waals surface area contributed by atoms with E-state index in [1.165, 1.54) is 0 Å². The average Bonchev–Trinajstić information content (AvgIpc) is 2.41. The standard InChI is InChI=1S/C14H15ClN2O/c1-16-14-8-11(6-7-17-14)9-18-10-12-4-2-3-5-13(12)15/h2-8H,9-10H2,1H3,(H,16,17). The second-order valence-corrected chi connectivity index (χ2v) is 4.29. The molecule has 0 spiro atoms. The van der Waals surface area contributed by atoms with Crippen LogP contribution in [0, 0.1) is 0 Å². The third-order valence-electron chi connectivity index (χ3n) is 2.56. The fourth-order valence-corrected chi connectivity index (χ4v) is 1.79. The summed E-state index contributed by atoms with van der Waals surface area (Å²) in [5.74, 6) is 0.842. The monoisotopic (exact) mass is 262 g/mol. The zero-order valence-electron chi connectivity index (χ0n) is 10.2. The van der Waals surface area contributed by atoms with Crippen molar-refractivity contribution in [3.05, 3.63) is 58.7 Å². The summed E-state index contributed by atoms with van der Waals surface area (Å²) in [7, 11) is 1.84. The van der Waals surface area contributed by atoms with Gasteiger partial charge in [0, 0.05) is 18.3 Å². The smallest absolute Gasteiger partial charge is 0.125 e. The van der Waals surface area contributed by atoms with Crippen LogP contribution < -0.4 is 5.32 Å². The maximum atomic E-state index is 6.05. The number of halogens is 1. The molecule has 0 saturated heterocycles. The second-order valence-electron chi connectivity index (χ2n) is 3.88. The van der Waals surface area contributed by atoms with Gasteiger partial charge in [-0.25, -0.2) is 4.98 Å². The van der Waals surface area contributed by atoms with Gasteiger partial charge in [-0.15, -0.1) is 0 Å². The van der Waals surface area contributed by atoms with Crippen LogP contribution in [0.2, 0.25) is 5.02 Å². The highest BCUT2D eigenvalue weighted by Crippen LogP contribution is 2.16. The van der Waals surface area contributed by atoms with E-state index in [4.69, 9.17) is 16.3 Å². The van der Waals surface area contributed by atoms with E-state index in [0.29, 0.717) is 13.2 Å². The van der Waals surface area contributed by atoms with Crippen molar-refractivity contribution < 1.29 is 4.74 Å². The Morgan fingerprint density at radius 1 is 1.22 bits per heavy atom. The van der Waals surface area contributed by atoms with Gasteiger partial charge in [0.25, 0.3) is 0 Å². The minimum absolute atomic E-state index is 0.511. The predicted molar refractivity (Wildman–Crippen MR) is 73.7 cm³/mol. The number of nitrogens with zero attached hydrogens (tertiary/aromatic N) is 1. The third-order valence-corrected chi connectivity index (χ3v) is 2.93. The van der Waals surface area contributed by atoms with Crippen LogP contribution in [0.15, 0.2) is 42.6 Å². The van der Waals surface area contributed by atoms with Crippen LogP contribution in [-0.4, -0.2) is 12.0 Å². The van der Waals surface area contributed by atoms with Gasteiger partial charge in [0.1, 0.15) is 5.82 Å². The molecule has 1 heterocycles. The highest BCUT2D eigenvalue weighted by molar-refractivity contribution is 6.31. The number of rotatable bonds is 5. The fourth-order valence-electron chi connectivity index (χ4n) is 1.60. The van der Waals surface area contributed by atoms with Gasteiger partial charge in [-0.05, 0) is 29.3 Å². The largest absolute Gasteiger partial charge is 0.373 e. The molecule has 2 rings (SSSR count). The highest BCUT2D eigenvalue weighted by atomic mass is 35.5. The molecule has 1 N–H and O–H groups in total. The number of ether oxygens (including phenoxy) is 1. The van der Waals surface area contributed by atoms with E-state index >= 15 is 0 Å². The summed E-state index contributed by atoms with van der Waals surface area (Å²) in [6, 6.07) is 11.6. The number of nitrogens with one attached hydrogen (secondary N) is 1. The number of hydrogen-bond donors (Lipinski definition) is 1. The number of aromatic nitrogens is 1. The van der Waals surface area contributed by atoms with Crippen molar-refractivity contribution in [2.45, 2.75) is 13.2 Å². The number of benzene rings is 1. The van der Waals surface area contributed by atoms with Gasteiger partial charge in [-0.2, -0.15) is 0 Å². The van der Waals surface area contributed by atoms with E-state index in [0.717, 1.165) is 22.0 Å². The first-order chi connectivity index (χ1) is 8.79. The highest BCUT2D eigenvalue weighted by Gasteiger charge is 2.00. The van der Waals surface area contributed by atoms with E-state index in [9.17, 15) is 0 Å². The molecule has 0 aliphatic heterocycles. The van der Waals surface area contributed by atoms with Crippen molar-refractivity contribution in [2.24, 2.45) is 0 Å².